The number of nitrogens with zero attached hydrogens (tertiary/aromatic N) is 1. The molecule has 0 aromatic heterocycles. The third-order valence-corrected chi connectivity index (χ3v) is 8.22. The fraction of sp³-hybridized carbons (Fsp3) is 0.500. The standard InChI is InChI=1S/C12H20NO4PS2/c1-4-16-18(19,17-5-2)13(20(3,14)15)11-12-9-7-6-8-10-12/h6-10H,4-5,11H2,1-3H3. The van der Waals surface area contributed by atoms with E-state index in [0.717, 1.165) is 15.9 Å². The van der Waals surface area contributed by atoms with Gasteiger partial charge in [-0.3, -0.25) is 0 Å². The van der Waals surface area contributed by atoms with Gasteiger partial charge in [-0.05, 0) is 31.2 Å². The van der Waals surface area contributed by atoms with E-state index in [9.17, 15) is 8.42 Å². The molecule has 8 heteroatoms. The molecule has 20 heavy (non-hydrogen) atoms. The number of hydrogen-bond donors (Lipinski definition) is 0. The summed E-state index contributed by atoms with van der Waals surface area (Å²) in [5.74, 6) is 0. The number of sulfonamides is 1. The third kappa shape index (κ3) is 4.91. The summed E-state index contributed by atoms with van der Waals surface area (Å²) in [5, 5.41) is 0. The fourth-order valence-electron chi connectivity index (χ4n) is 1.62. The van der Waals surface area contributed by atoms with Crippen molar-refractivity contribution in [2.45, 2.75) is 20.4 Å². The van der Waals surface area contributed by atoms with E-state index in [4.69, 9.17) is 20.9 Å². The Kier molecular flexibility index (Phi) is 6.78. The minimum Gasteiger partial charge on any atom is -0.317 e. The van der Waals surface area contributed by atoms with E-state index in [1.54, 1.807) is 13.8 Å². The van der Waals surface area contributed by atoms with E-state index in [2.05, 4.69) is 0 Å². The quantitative estimate of drug-likeness (QED) is 0.683. The highest BCUT2D eigenvalue weighted by Crippen LogP contribution is 2.54. The molecule has 0 heterocycles. The maximum Gasteiger partial charge on any atom is 0.277 e. The summed E-state index contributed by atoms with van der Waals surface area (Å²) in [6.45, 7) is 1.25. The topological polar surface area (TPSA) is 55.8 Å². The summed E-state index contributed by atoms with van der Waals surface area (Å²) in [4.78, 5) is 0. The third-order valence-electron chi connectivity index (χ3n) is 2.40. The van der Waals surface area contributed by atoms with Crippen LogP contribution in [0.2, 0.25) is 0 Å². The van der Waals surface area contributed by atoms with Crippen LogP contribution < -0.4 is 0 Å². The van der Waals surface area contributed by atoms with Gasteiger partial charge in [-0.1, -0.05) is 30.3 Å². The van der Waals surface area contributed by atoms with Crippen molar-refractivity contribution >= 4 is 28.5 Å². The predicted molar refractivity (Wildman–Crippen MR) is 84.4 cm³/mol. The molecule has 114 valence electrons. The molecule has 0 aliphatic heterocycles. The molecule has 0 aliphatic carbocycles. The molecule has 0 spiro atoms. The van der Waals surface area contributed by atoms with Gasteiger partial charge >= 0.3 is 0 Å². The second-order valence-corrected chi connectivity index (χ2v) is 9.53. The zero-order chi connectivity index (χ0) is 15.2. The van der Waals surface area contributed by atoms with E-state index in [-0.39, 0.29) is 6.54 Å². The molecule has 0 amide bonds. The van der Waals surface area contributed by atoms with Gasteiger partial charge in [0.05, 0.1) is 19.5 Å². The maximum atomic E-state index is 12.1. The van der Waals surface area contributed by atoms with E-state index < -0.39 is 16.7 Å². The highest BCUT2D eigenvalue weighted by molar-refractivity contribution is 8.13. The highest BCUT2D eigenvalue weighted by atomic mass is 32.5. The first-order valence-electron chi connectivity index (χ1n) is 6.24. The lowest BCUT2D eigenvalue weighted by Gasteiger charge is -2.31. The first-order valence-corrected chi connectivity index (χ1v) is 10.7. The summed E-state index contributed by atoms with van der Waals surface area (Å²) in [5.41, 5.74) is 0.839. The summed E-state index contributed by atoms with van der Waals surface area (Å²) < 4.78 is 36.2. The monoisotopic (exact) mass is 337 g/mol. The second-order valence-electron chi connectivity index (χ2n) is 4.03. The van der Waals surface area contributed by atoms with Crippen LogP contribution in [0.3, 0.4) is 0 Å². The summed E-state index contributed by atoms with van der Waals surface area (Å²) in [6, 6.07) is 9.25. The van der Waals surface area contributed by atoms with Crippen LogP contribution in [0.4, 0.5) is 0 Å². The van der Waals surface area contributed by atoms with Crippen LogP contribution in [0.1, 0.15) is 19.4 Å². The first kappa shape index (κ1) is 17.8. The van der Waals surface area contributed by atoms with Crippen molar-refractivity contribution in [2.75, 3.05) is 19.5 Å². The largest absolute Gasteiger partial charge is 0.317 e. The Hall–Kier alpha value is -0.300. The van der Waals surface area contributed by atoms with Gasteiger partial charge in [0, 0.05) is 6.54 Å². The van der Waals surface area contributed by atoms with E-state index in [1.807, 2.05) is 30.3 Å². The fourth-order valence-corrected chi connectivity index (χ4v) is 6.95. The van der Waals surface area contributed by atoms with Crippen LogP contribution in [0, 0.1) is 0 Å². The maximum absolute atomic E-state index is 12.1. The summed E-state index contributed by atoms with van der Waals surface area (Å²) in [7, 11) is -3.54. The molecule has 0 saturated carbocycles. The summed E-state index contributed by atoms with van der Waals surface area (Å²) in [6.07, 6.45) is 1.12. The number of rotatable bonds is 8. The van der Waals surface area contributed by atoms with Crippen molar-refractivity contribution in [3.8, 4) is 0 Å². The zero-order valence-corrected chi connectivity index (χ0v) is 14.4. The molecule has 0 unspecified atom stereocenters. The molecule has 0 radical (unpaired) electrons. The molecule has 0 bridgehead atoms. The van der Waals surface area contributed by atoms with Crippen molar-refractivity contribution in [3.05, 3.63) is 35.9 Å². The van der Waals surface area contributed by atoms with Crippen LogP contribution in [-0.2, 0) is 37.4 Å². The Labute approximate surface area is 126 Å². The second kappa shape index (κ2) is 7.64. The Morgan fingerprint density at radius 3 is 2.05 bits per heavy atom. The normalized spacial score (nSPS) is 12.8. The molecule has 1 aromatic carbocycles. The molecule has 1 rings (SSSR count). The van der Waals surface area contributed by atoms with E-state index in [0.29, 0.717) is 13.2 Å². The molecular weight excluding hydrogens is 317 g/mol. The van der Waals surface area contributed by atoms with Gasteiger partial charge in [-0.2, -0.15) is 0 Å². The molecule has 0 saturated heterocycles. The Balaban J connectivity index is 3.15. The van der Waals surface area contributed by atoms with Crippen molar-refractivity contribution < 1.29 is 17.5 Å². The van der Waals surface area contributed by atoms with Gasteiger partial charge in [-0.15, -0.1) is 4.08 Å². The molecule has 0 N–H and O–H groups in total. The Morgan fingerprint density at radius 1 is 1.15 bits per heavy atom. The molecule has 0 atom stereocenters. The number of benzene rings is 1. The molecule has 0 fully saturated rings. The van der Waals surface area contributed by atoms with Gasteiger partial charge in [0.2, 0.25) is 10.0 Å². The first-order chi connectivity index (χ1) is 9.33. The van der Waals surface area contributed by atoms with Crippen molar-refractivity contribution in [3.63, 3.8) is 0 Å². The van der Waals surface area contributed by atoms with Crippen molar-refractivity contribution in [1.82, 2.24) is 4.08 Å². The highest BCUT2D eigenvalue weighted by Gasteiger charge is 2.35. The molecular formula is C12H20NO4PS2. The van der Waals surface area contributed by atoms with E-state index in [1.165, 1.54) is 0 Å². The van der Waals surface area contributed by atoms with Crippen LogP contribution in [0.15, 0.2) is 30.3 Å². The smallest absolute Gasteiger partial charge is 0.277 e. The van der Waals surface area contributed by atoms with Gasteiger partial charge in [0.25, 0.3) is 6.64 Å². The molecule has 0 aliphatic rings. The lowest BCUT2D eigenvalue weighted by atomic mass is 10.2. The van der Waals surface area contributed by atoms with Crippen LogP contribution in [0.5, 0.6) is 0 Å². The van der Waals surface area contributed by atoms with Crippen LogP contribution in [0.25, 0.3) is 0 Å². The van der Waals surface area contributed by atoms with Gasteiger partial charge in [0.15, 0.2) is 0 Å². The Morgan fingerprint density at radius 2 is 1.65 bits per heavy atom. The minimum absolute atomic E-state index is 0.150. The lowest BCUT2D eigenvalue weighted by Crippen LogP contribution is -2.28. The van der Waals surface area contributed by atoms with Gasteiger partial charge < -0.3 is 9.05 Å². The van der Waals surface area contributed by atoms with E-state index >= 15 is 0 Å². The number of hydrogen-bond acceptors (Lipinski definition) is 5. The zero-order valence-electron chi connectivity index (χ0n) is 11.9. The van der Waals surface area contributed by atoms with Crippen molar-refractivity contribution in [1.29, 1.82) is 0 Å². The average Bonchev–Trinajstić information content (AvgIpc) is 2.36. The lowest BCUT2D eigenvalue weighted by molar-refractivity contribution is 0.238. The molecule has 1 aromatic rings. The summed E-state index contributed by atoms with van der Waals surface area (Å²) >= 11 is 5.38. The van der Waals surface area contributed by atoms with Gasteiger partial charge in [0.1, 0.15) is 0 Å². The SMILES string of the molecule is CCOP(=S)(OCC)N(Cc1ccccc1)S(C)(=O)=O. The predicted octanol–water partition coefficient (Wildman–Crippen LogP) is 2.75. The van der Waals surface area contributed by atoms with Crippen LogP contribution >= 0.6 is 6.64 Å². The Bertz CT molecular complexity index is 552. The van der Waals surface area contributed by atoms with Crippen molar-refractivity contribution in [2.24, 2.45) is 0 Å². The van der Waals surface area contributed by atoms with Gasteiger partial charge in [-0.25, -0.2) is 8.42 Å². The molecule has 5 nitrogen and oxygen atoms in total. The average molecular weight is 337 g/mol. The van der Waals surface area contributed by atoms with Crippen LogP contribution in [-0.4, -0.2) is 32.0 Å². The minimum atomic E-state index is -3.54.